The first-order valence-electron chi connectivity index (χ1n) is 2.85. The van der Waals surface area contributed by atoms with Crippen LogP contribution in [0.2, 0.25) is 0 Å². The molecular formula is C5H7NO4. The molecule has 0 aromatic carbocycles. The van der Waals surface area contributed by atoms with E-state index in [1.54, 1.807) is 12.6 Å². The largest absolute Gasteiger partial charge is 0.335 e. The average Bonchev–Trinajstić information content (AvgIpc) is 1.96. The molecule has 1 heterocycles. The van der Waals surface area contributed by atoms with E-state index in [0.29, 0.717) is 0 Å². The smallest absolute Gasteiger partial charge is 0.332 e. The number of nitrogens with one attached hydrogen (secondary N) is 1. The highest BCUT2D eigenvalue weighted by atomic mass is 16.9. The molecular weight excluding hydrogens is 138 g/mol. The zero-order valence-corrected chi connectivity index (χ0v) is 5.42. The molecule has 1 rings (SSSR count). The van der Waals surface area contributed by atoms with Crippen LogP contribution in [0.3, 0.4) is 0 Å². The molecule has 1 fully saturated rings. The first-order chi connectivity index (χ1) is 4.70. The lowest BCUT2D eigenvalue weighted by Gasteiger charge is -1.98. The molecule has 0 bridgehead atoms. The van der Waals surface area contributed by atoms with Crippen molar-refractivity contribution < 1.29 is 19.3 Å². The fraction of sp³-hybridized carbons (Fsp3) is 0.600. The van der Waals surface area contributed by atoms with Crippen LogP contribution in [0, 0.1) is 5.92 Å². The highest BCUT2D eigenvalue weighted by molar-refractivity contribution is 5.80. The zero-order chi connectivity index (χ0) is 7.56. The molecule has 0 aliphatic carbocycles. The Kier molecular flexibility index (Phi) is 1.86. The van der Waals surface area contributed by atoms with Gasteiger partial charge < -0.3 is 9.68 Å². The molecule has 56 valence electrons. The number of carbonyl (C=O) groups is 2. The minimum Gasteiger partial charge on any atom is -0.335 e. The first-order valence-corrected chi connectivity index (χ1v) is 2.85. The molecule has 1 saturated heterocycles. The molecule has 0 amide bonds. The molecule has 0 saturated carbocycles. The molecule has 1 aliphatic rings. The minimum atomic E-state index is -0.488. The second kappa shape index (κ2) is 2.66. The third-order valence-corrected chi connectivity index (χ3v) is 1.17. The minimum absolute atomic E-state index is 0.0613. The number of hydrogen-bond donors (Lipinski definition) is 1. The Morgan fingerprint density at radius 1 is 1.50 bits per heavy atom. The van der Waals surface area contributed by atoms with Crippen LogP contribution in [0.1, 0.15) is 13.3 Å². The molecule has 0 aromatic rings. The Morgan fingerprint density at radius 2 is 2.20 bits per heavy atom. The topological polar surface area (TPSA) is 64.6 Å². The first kappa shape index (κ1) is 7.01. The quantitative estimate of drug-likeness (QED) is 0.499. The summed E-state index contributed by atoms with van der Waals surface area (Å²) in [5.74, 6) is -1.40. The summed E-state index contributed by atoms with van der Waals surface area (Å²) < 4.78 is 0. The molecule has 1 atom stereocenters. The fourth-order valence-electron chi connectivity index (χ4n) is 0.584. The second-order valence-electron chi connectivity index (χ2n) is 2.08. The molecule has 1 N–H and O–H groups in total. The van der Waals surface area contributed by atoms with E-state index in [9.17, 15) is 9.59 Å². The Morgan fingerprint density at radius 3 is 2.90 bits per heavy atom. The van der Waals surface area contributed by atoms with Crippen molar-refractivity contribution in [2.45, 2.75) is 13.3 Å². The lowest BCUT2D eigenvalue weighted by Crippen LogP contribution is -2.19. The van der Waals surface area contributed by atoms with Gasteiger partial charge in [-0.15, -0.1) is 0 Å². The molecule has 5 heteroatoms. The fourth-order valence-corrected chi connectivity index (χ4v) is 0.584. The van der Waals surface area contributed by atoms with Crippen LogP contribution in [0.4, 0.5) is 0 Å². The summed E-state index contributed by atoms with van der Waals surface area (Å²) >= 11 is 0. The Balaban J connectivity index is 2.57. The maximum atomic E-state index is 10.6. The van der Waals surface area contributed by atoms with Crippen LogP contribution in [0.15, 0.2) is 0 Å². The van der Waals surface area contributed by atoms with E-state index in [1.165, 1.54) is 0 Å². The molecule has 0 radical (unpaired) electrons. The van der Waals surface area contributed by atoms with Crippen molar-refractivity contribution in [2.24, 2.45) is 5.92 Å². The normalized spacial score (nSPS) is 26.7. The van der Waals surface area contributed by atoms with Crippen molar-refractivity contribution in [1.29, 1.82) is 0 Å². The second-order valence-corrected chi connectivity index (χ2v) is 2.08. The van der Waals surface area contributed by atoms with E-state index < -0.39 is 17.9 Å². The van der Waals surface area contributed by atoms with Crippen molar-refractivity contribution in [1.82, 2.24) is 5.64 Å². The molecule has 1 aliphatic heterocycles. The van der Waals surface area contributed by atoms with Crippen molar-refractivity contribution in [3.05, 3.63) is 0 Å². The molecule has 10 heavy (non-hydrogen) atoms. The van der Waals surface area contributed by atoms with Gasteiger partial charge in [-0.2, -0.15) is 0 Å². The molecule has 0 spiro atoms. The van der Waals surface area contributed by atoms with Gasteiger partial charge in [-0.25, -0.2) is 4.79 Å². The highest BCUT2D eigenvalue weighted by Crippen LogP contribution is 2.07. The van der Waals surface area contributed by atoms with Gasteiger partial charge in [-0.3, -0.25) is 4.79 Å². The van der Waals surface area contributed by atoms with Crippen molar-refractivity contribution in [3.8, 4) is 0 Å². The maximum absolute atomic E-state index is 10.6. The average molecular weight is 145 g/mol. The van der Waals surface area contributed by atoms with Gasteiger partial charge in [0.1, 0.15) is 0 Å². The zero-order valence-electron chi connectivity index (χ0n) is 5.42. The van der Waals surface area contributed by atoms with Crippen LogP contribution in [0.25, 0.3) is 0 Å². The van der Waals surface area contributed by atoms with Crippen molar-refractivity contribution >= 4 is 11.9 Å². The monoisotopic (exact) mass is 145 g/mol. The van der Waals surface area contributed by atoms with Gasteiger partial charge in [0.2, 0.25) is 0 Å². The summed E-state index contributed by atoms with van der Waals surface area (Å²) in [7, 11) is 0. The van der Waals surface area contributed by atoms with Gasteiger partial charge in [-0.05, 0) is 0 Å². The summed E-state index contributed by atoms with van der Waals surface area (Å²) in [6.45, 7) is 1.59. The lowest BCUT2D eigenvalue weighted by molar-refractivity contribution is -0.191. The summed E-state index contributed by atoms with van der Waals surface area (Å²) in [4.78, 5) is 29.6. The molecule has 1 unspecified atom stereocenters. The van der Waals surface area contributed by atoms with Crippen LogP contribution in [-0.2, 0) is 19.3 Å². The standard InChI is InChI=1S/C5H7NO4/c1-3-2-4(7)9-6-10-5(3)8/h3,6H,2H2,1H3. The number of carbonyl (C=O) groups excluding carboxylic acids is 2. The Hall–Kier alpha value is -1.10. The summed E-state index contributed by atoms with van der Waals surface area (Å²) in [5, 5.41) is 0. The van der Waals surface area contributed by atoms with Gasteiger partial charge in [0.05, 0.1) is 12.3 Å². The predicted octanol–water partition coefficient (Wildman–Crippen LogP) is -0.468. The number of rotatable bonds is 0. The van der Waals surface area contributed by atoms with Crippen LogP contribution in [-0.4, -0.2) is 11.9 Å². The SMILES string of the molecule is CC1CC(=O)ONOC1=O. The maximum Gasteiger partial charge on any atom is 0.332 e. The van der Waals surface area contributed by atoms with Crippen molar-refractivity contribution in [3.63, 3.8) is 0 Å². The van der Waals surface area contributed by atoms with E-state index in [-0.39, 0.29) is 6.42 Å². The van der Waals surface area contributed by atoms with Crippen LogP contribution < -0.4 is 5.64 Å². The summed E-state index contributed by atoms with van der Waals surface area (Å²) in [5.41, 5.74) is 1.78. The van der Waals surface area contributed by atoms with Gasteiger partial charge >= 0.3 is 11.9 Å². The summed E-state index contributed by atoms with van der Waals surface area (Å²) in [6.07, 6.45) is 0.0613. The third kappa shape index (κ3) is 1.44. The highest BCUT2D eigenvalue weighted by Gasteiger charge is 2.23. The van der Waals surface area contributed by atoms with Gasteiger partial charge in [0.25, 0.3) is 0 Å². The lowest BCUT2D eigenvalue weighted by atomic mass is 10.1. The Labute approximate surface area is 57.2 Å². The van der Waals surface area contributed by atoms with E-state index >= 15 is 0 Å². The Bertz CT molecular complexity index is 167. The van der Waals surface area contributed by atoms with Gasteiger partial charge in [0, 0.05) is 5.64 Å². The van der Waals surface area contributed by atoms with E-state index in [4.69, 9.17) is 0 Å². The molecule has 5 nitrogen and oxygen atoms in total. The van der Waals surface area contributed by atoms with E-state index in [0.717, 1.165) is 0 Å². The predicted molar refractivity (Wildman–Crippen MR) is 29.1 cm³/mol. The summed E-state index contributed by atoms with van der Waals surface area (Å²) in [6, 6.07) is 0. The van der Waals surface area contributed by atoms with Gasteiger partial charge in [0.15, 0.2) is 0 Å². The molecule has 0 aromatic heterocycles. The van der Waals surface area contributed by atoms with Gasteiger partial charge in [-0.1, -0.05) is 6.92 Å². The number of hydrogen-bond acceptors (Lipinski definition) is 5. The van der Waals surface area contributed by atoms with Crippen LogP contribution >= 0.6 is 0 Å². The third-order valence-electron chi connectivity index (χ3n) is 1.17. The van der Waals surface area contributed by atoms with Crippen LogP contribution in [0.5, 0.6) is 0 Å². The van der Waals surface area contributed by atoms with E-state index in [2.05, 4.69) is 9.68 Å². The van der Waals surface area contributed by atoms with E-state index in [1.807, 2.05) is 0 Å². The van der Waals surface area contributed by atoms with Crippen molar-refractivity contribution in [2.75, 3.05) is 0 Å².